The highest BCUT2D eigenvalue weighted by molar-refractivity contribution is 7.89. The standard InChI is InChI=1S/C13H8ClF6N3O2S/c14-9-3-1-7(12(15,16)17)5-10(9)26(24,25)23-22-11-4-2-8(6-21-11)13(18,19)20/h1-6,23H,(H,21,22). The lowest BCUT2D eigenvalue weighted by Crippen LogP contribution is -2.30. The van der Waals surface area contributed by atoms with Crippen molar-refractivity contribution in [2.45, 2.75) is 17.2 Å². The molecule has 0 radical (unpaired) electrons. The molecule has 2 aromatic rings. The van der Waals surface area contributed by atoms with Gasteiger partial charge in [0.25, 0.3) is 10.0 Å². The number of aromatic nitrogens is 1. The smallest absolute Gasteiger partial charge is 0.292 e. The van der Waals surface area contributed by atoms with Gasteiger partial charge < -0.3 is 0 Å². The summed E-state index contributed by atoms with van der Waals surface area (Å²) < 4.78 is 99.5. The van der Waals surface area contributed by atoms with Gasteiger partial charge in [-0.2, -0.15) is 26.3 Å². The van der Waals surface area contributed by atoms with Crippen molar-refractivity contribution in [3.63, 3.8) is 0 Å². The first kappa shape index (κ1) is 20.3. The largest absolute Gasteiger partial charge is 0.417 e. The summed E-state index contributed by atoms with van der Waals surface area (Å²) in [5, 5.41) is -0.479. The van der Waals surface area contributed by atoms with Crippen molar-refractivity contribution in [3.05, 3.63) is 52.7 Å². The molecule has 2 N–H and O–H groups in total. The van der Waals surface area contributed by atoms with Crippen molar-refractivity contribution in [1.82, 2.24) is 9.82 Å². The fourth-order valence-electron chi connectivity index (χ4n) is 1.70. The Kier molecular flexibility index (Phi) is 5.40. The monoisotopic (exact) mass is 419 g/mol. The van der Waals surface area contributed by atoms with Crippen LogP contribution in [0.4, 0.5) is 32.2 Å². The van der Waals surface area contributed by atoms with Crippen LogP contribution in [0.2, 0.25) is 5.02 Å². The Morgan fingerprint density at radius 2 is 1.50 bits per heavy atom. The number of alkyl halides is 6. The molecule has 0 fully saturated rings. The molecule has 0 saturated heterocycles. The van der Waals surface area contributed by atoms with E-state index in [0.717, 1.165) is 12.1 Å². The molecule has 1 aromatic heterocycles. The minimum absolute atomic E-state index is 0.315. The van der Waals surface area contributed by atoms with Gasteiger partial charge in [0.1, 0.15) is 10.7 Å². The number of hydrogen-bond acceptors (Lipinski definition) is 4. The van der Waals surface area contributed by atoms with Crippen molar-refractivity contribution in [3.8, 4) is 0 Å². The molecule has 0 aliphatic heterocycles. The molecule has 0 amide bonds. The molecule has 2 rings (SSSR count). The third-order valence-electron chi connectivity index (χ3n) is 2.95. The van der Waals surface area contributed by atoms with Gasteiger partial charge in [0, 0.05) is 6.20 Å². The molecule has 1 heterocycles. The van der Waals surface area contributed by atoms with Gasteiger partial charge in [0.05, 0.1) is 16.1 Å². The number of hydrazine groups is 1. The van der Waals surface area contributed by atoms with Crippen molar-refractivity contribution in [2.24, 2.45) is 0 Å². The molecular formula is C13H8ClF6N3O2S. The maximum absolute atomic E-state index is 12.7. The zero-order chi connectivity index (χ0) is 19.8. The van der Waals surface area contributed by atoms with E-state index in [-0.39, 0.29) is 5.82 Å². The summed E-state index contributed by atoms with van der Waals surface area (Å²) in [7, 11) is -4.57. The lowest BCUT2D eigenvalue weighted by molar-refractivity contribution is -0.138. The molecule has 0 spiro atoms. The van der Waals surface area contributed by atoms with Crippen LogP contribution in [0, 0.1) is 0 Å². The fourth-order valence-corrected chi connectivity index (χ4v) is 3.07. The second-order valence-electron chi connectivity index (χ2n) is 4.80. The van der Waals surface area contributed by atoms with Gasteiger partial charge in [-0.15, -0.1) is 4.83 Å². The van der Waals surface area contributed by atoms with Crippen molar-refractivity contribution < 1.29 is 34.8 Å². The number of nitrogens with zero attached hydrogens (tertiary/aromatic N) is 1. The third-order valence-corrected chi connectivity index (χ3v) is 4.68. The number of nitrogens with one attached hydrogen (secondary N) is 2. The van der Waals surface area contributed by atoms with Crippen LogP contribution in [0.15, 0.2) is 41.4 Å². The molecule has 0 saturated carbocycles. The summed E-state index contributed by atoms with van der Waals surface area (Å²) in [4.78, 5) is 4.18. The van der Waals surface area contributed by atoms with Crippen LogP contribution in [0.3, 0.4) is 0 Å². The number of rotatable bonds is 4. The van der Waals surface area contributed by atoms with E-state index >= 15 is 0 Å². The molecule has 0 aliphatic carbocycles. The third kappa shape index (κ3) is 4.77. The molecule has 26 heavy (non-hydrogen) atoms. The Morgan fingerprint density at radius 1 is 0.923 bits per heavy atom. The van der Waals surface area contributed by atoms with Crippen LogP contribution in [0.1, 0.15) is 11.1 Å². The highest BCUT2D eigenvalue weighted by Crippen LogP contribution is 2.33. The zero-order valence-corrected chi connectivity index (χ0v) is 13.9. The second kappa shape index (κ2) is 6.93. The van der Waals surface area contributed by atoms with Crippen LogP contribution >= 0.6 is 11.6 Å². The quantitative estimate of drug-likeness (QED) is 0.579. The summed E-state index contributed by atoms with van der Waals surface area (Å²) in [6, 6.07) is 3.16. The summed E-state index contributed by atoms with van der Waals surface area (Å²) >= 11 is 5.63. The summed E-state index contributed by atoms with van der Waals surface area (Å²) in [6.07, 6.45) is -8.97. The number of anilines is 1. The van der Waals surface area contributed by atoms with Gasteiger partial charge >= 0.3 is 12.4 Å². The Morgan fingerprint density at radius 3 is 2.00 bits per heavy atom. The van der Waals surface area contributed by atoms with E-state index in [1.165, 1.54) is 0 Å². The molecule has 0 unspecified atom stereocenters. The molecular weight excluding hydrogens is 412 g/mol. The highest BCUT2D eigenvalue weighted by atomic mass is 35.5. The van der Waals surface area contributed by atoms with E-state index in [0.29, 0.717) is 24.4 Å². The van der Waals surface area contributed by atoms with Gasteiger partial charge in [0.15, 0.2) is 0 Å². The molecule has 142 valence electrons. The number of halogens is 7. The Labute approximate surface area is 148 Å². The summed E-state index contributed by atoms with van der Waals surface area (Å²) in [5.41, 5.74) is -0.313. The van der Waals surface area contributed by atoms with E-state index in [1.54, 1.807) is 4.83 Å². The fraction of sp³-hybridized carbons (Fsp3) is 0.154. The predicted octanol–water partition coefficient (Wildman–Crippen LogP) is 4.08. The van der Waals surface area contributed by atoms with Crippen molar-refractivity contribution >= 4 is 27.4 Å². The molecule has 0 bridgehead atoms. The maximum Gasteiger partial charge on any atom is 0.417 e. The summed E-state index contributed by atoms with van der Waals surface area (Å²) in [6.45, 7) is 0. The van der Waals surface area contributed by atoms with E-state index in [2.05, 4.69) is 4.98 Å². The zero-order valence-electron chi connectivity index (χ0n) is 12.3. The number of hydrogen-bond donors (Lipinski definition) is 2. The van der Waals surface area contributed by atoms with Gasteiger partial charge in [-0.05, 0) is 30.3 Å². The van der Waals surface area contributed by atoms with Crippen LogP contribution in [-0.2, 0) is 22.4 Å². The molecule has 13 heteroatoms. The van der Waals surface area contributed by atoms with E-state index in [1.807, 2.05) is 5.43 Å². The lowest BCUT2D eigenvalue weighted by Gasteiger charge is -2.13. The molecule has 0 aliphatic rings. The maximum atomic E-state index is 12.7. The molecule has 0 atom stereocenters. The number of sulfonamides is 1. The highest BCUT2D eigenvalue weighted by Gasteiger charge is 2.33. The van der Waals surface area contributed by atoms with Crippen molar-refractivity contribution in [2.75, 3.05) is 5.43 Å². The van der Waals surface area contributed by atoms with Crippen LogP contribution in [0.25, 0.3) is 0 Å². The van der Waals surface area contributed by atoms with Gasteiger partial charge in [-0.3, -0.25) is 5.43 Å². The minimum Gasteiger partial charge on any atom is -0.292 e. The Bertz CT molecular complexity index is 898. The first-order chi connectivity index (χ1) is 11.8. The van der Waals surface area contributed by atoms with Gasteiger partial charge in [-0.25, -0.2) is 13.4 Å². The SMILES string of the molecule is O=S(=O)(NNc1ccc(C(F)(F)F)cn1)c1cc(C(F)(F)F)ccc1Cl. The minimum atomic E-state index is -4.79. The first-order valence-corrected chi connectivity index (χ1v) is 8.34. The predicted molar refractivity (Wildman–Crippen MR) is 79.6 cm³/mol. The molecule has 1 aromatic carbocycles. The van der Waals surface area contributed by atoms with Gasteiger partial charge in [0.2, 0.25) is 0 Å². The summed E-state index contributed by atoms with van der Waals surface area (Å²) in [5.74, 6) is -0.315. The van der Waals surface area contributed by atoms with E-state index < -0.39 is 43.4 Å². The number of pyridine rings is 1. The lowest BCUT2D eigenvalue weighted by atomic mass is 10.2. The van der Waals surface area contributed by atoms with Crippen molar-refractivity contribution in [1.29, 1.82) is 0 Å². The average molecular weight is 420 g/mol. The van der Waals surface area contributed by atoms with E-state index in [9.17, 15) is 34.8 Å². The first-order valence-electron chi connectivity index (χ1n) is 6.48. The second-order valence-corrected chi connectivity index (χ2v) is 6.86. The number of benzene rings is 1. The van der Waals surface area contributed by atoms with Gasteiger partial charge in [-0.1, -0.05) is 11.6 Å². The topological polar surface area (TPSA) is 71.1 Å². The normalized spacial score (nSPS) is 12.9. The van der Waals surface area contributed by atoms with Crippen LogP contribution < -0.4 is 10.3 Å². The Balaban J connectivity index is 2.22. The molecule has 5 nitrogen and oxygen atoms in total. The average Bonchev–Trinajstić information content (AvgIpc) is 2.51. The van der Waals surface area contributed by atoms with Crippen LogP contribution in [-0.4, -0.2) is 13.4 Å². The van der Waals surface area contributed by atoms with E-state index in [4.69, 9.17) is 11.6 Å². The van der Waals surface area contributed by atoms with Crippen LogP contribution in [0.5, 0.6) is 0 Å². The Hall–Kier alpha value is -2.05.